The summed E-state index contributed by atoms with van der Waals surface area (Å²) in [5, 5.41) is -1.18. The molecule has 1 aromatic heterocycles. The molecule has 0 aliphatic heterocycles. The van der Waals surface area contributed by atoms with Gasteiger partial charge >= 0.3 is 0 Å². The van der Waals surface area contributed by atoms with Gasteiger partial charge in [0.15, 0.2) is 0 Å². The molecule has 1 heterocycles. The number of carbonyl (C=O) groups is 1. The Bertz CT molecular complexity index is 432. The van der Waals surface area contributed by atoms with E-state index in [1.165, 1.54) is 0 Å². The van der Waals surface area contributed by atoms with E-state index in [2.05, 4.69) is 4.98 Å². The van der Waals surface area contributed by atoms with Gasteiger partial charge in [-0.25, -0.2) is 8.78 Å². The molecule has 0 aliphatic rings. The fourth-order valence-electron chi connectivity index (χ4n) is 0.888. The van der Waals surface area contributed by atoms with E-state index >= 15 is 0 Å². The van der Waals surface area contributed by atoms with E-state index in [1.807, 2.05) is 0 Å². The molecule has 0 fully saturated rings. The lowest BCUT2D eigenvalue weighted by molar-refractivity contribution is 0.106. The predicted octanol–water partition coefficient (Wildman–Crippen LogP) is 2.30. The Balaban J connectivity index is 3.54. The van der Waals surface area contributed by atoms with E-state index < -0.39 is 28.4 Å². The zero-order valence-corrected chi connectivity index (χ0v) is 9.40. The summed E-state index contributed by atoms with van der Waals surface area (Å²) in [5.41, 5.74) is -2.20. The van der Waals surface area contributed by atoms with Crippen molar-refractivity contribution in [1.29, 1.82) is 0 Å². The van der Waals surface area contributed by atoms with Gasteiger partial charge in [-0.05, 0) is 34.2 Å². The third-order valence-corrected chi connectivity index (χ3v) is 2.47. The number of halogens is 4. The zero-order valence-electron chi connectivity index (χ0n) is 6.48. The Kier molecular flexibility index (Phi) is 3.59. The van der Waals surface area contributed by atoms with Crippen LogP contribution >= 0.6 is 34.2 Å². The summed E-state index contributed by atoms with van der Waals surface area (Å²) in [5.74, 6) is 0. The number of aromatic nitrogens is 1. The Morgan fingerprint density at radius 2 is 2.14 bits per heavy atom. The number of nitrogens with one attached hydrogen (secondary N) is 1. The Hall–Kier alpha value is -0.500. The highest BCUT2D eigenvalue weighted by molar-refractivity contribution is 14.1. The lowest BCUT2D eigenvalue weighted by Gasteiger charge is -2.04. The number of rotatable bonds is 2. The second-order valence-corrected chi connectivity index (χ2v) is 3.83. The van der Waals surface area contributed by atoms with Crippen molar-refractivity contribution in [1.82, 2.24) is 4.98 Å². The van der Waals surface area contributed by atoms with Crippen LogP contribution in [0.5, 0.6) is 0 Å². The quantitative estimate of drug-likeness (QED) is 0.667. The molecule has 0 radical (unpaired) electrons. The number of carbonyl (C=O) groups excluding carboxylic acids is 1. The van der Waals surface area contributed by atoms with E-state index in [4.69, 9.17) is 11.6 Å². The van der Waals surface area contributed by atoms with E-state index in [0.717, 1.165) is 6.20 Å². The maximum atomic E-state index is 12.3. The van der Waals surface area contributed by atoms with Gasteiger partial charge in [-0.2, -0.15) is 0 Å². The lowest BCUT2D eigenvalue weighted by Crippen LogP contribution is -2.19. The topological polar surface area (TPSA) is 49.9 Å². The third kappa shape index (κ3) is 2.11. The van der Waals surface area contributed by atoms with Crippen molar-refractivity contribution in [2.45, 2.75) is 6.43 Å². The first-order chi connectivity index (χ1) is 6.45. The normalized spacial score (nSPS) is 10.6. The molecule has 1 rings (SSSR count). The summed E-state index contributed by atoms with van der Waals surface area (Å²) in [6, 6.07) is 0. The Labute approximate surface area is 95.6 Å². The minimum Gasteiger partial charge on any atom is -0.358 e. The molecule has 0 unspecified atom stereocenters. The van der Waals surface area contributed by atoms with Crippen molar-refractivity contribution in [3.8, 4) is 0 Å². The van der Waals surface area contributed by atoms with Gasteiger partial charge in [0.25, 0.3) is 11.7 Å². The lowest BCUT2D eigenvalue weighted by atomic mass is 10.2. The molecule has 0 spiro atoms. The van der Waals surface area contributed by atoms with Crippen LogP contribution in [0.15, 0.2) is 11.0 Å². The monoisotopic (exact) mass is 333 g/mol. The van der Waals surface area contributed by atoms with Crippen LogP contribution < -0.4 is 5.43 Å². The number of aromatic amines is 1. The van der Waals surface area contributed by atoms with Crippen LogP contribution in [0.2, 0.25) is 0 Å². The van der Waals surface area contributed by atoms with Gasteiger partial charge in [-0.1, -0.05) is 0 Å². The first kappa shape index (κ1) is 11.6. The fraction of sp³-hybridized carbons (Fsp3) is 0.143. The second-order valence-electron chi connectivity index (χ2n) is 2.33. The number of hydrogen-bond donors (Lipinski definition) is 1. The number of H-pyrrole nitrogens is 1. The van der Waals surface area contributed by atoms with Crippen molar-refractivity contribution in [3.63, 3.8) is 0 Å². The molecule has 1 N–H and O–H groups in total. The van der Waals surface area contributed by atoms with Gasteiger partial charge in [-0.3, -0.25) is 9.59 Å². The molecular weight excluding hydrogens is 330 g/mol. The summed E-state index contributed by atoms with van der Waals surface area (Å²) in [7, 11) is 0. The molecule has 76 valence electrons. The predicted molar refractivity (Wildman–Crippen MR) is 54.9 cm³/mol. The Morgan fingerprint density at radius 3 is 2.57 bits per heavy atom. The smallest absolute Gasteiger partial charge is 0.279 e. The molecule has 14 heavy (non-hydrogen) atoms. The summed E-state index contributed by atoms with van der Waals surface area (Å²) in [4.78, 5) is 24.2. The standard InChI is InChI=1S/C7H3ClF2INO2/c8-6(14)3-4(7(9)10)12-1-2(11)5(3)13/h1,7H,(H,12,13). The minimum atomic E-state index is -2.93. The fourth-order valence-corrected chi connectivity index (χ4v) is 1.50. The first-order valence-electron chi connectivity index (χ1n) is 3.34. The average Bonchev–Trinajstić information content (AvgIpc) is 2.08. The van der Waals surface area contributed by atoms with Crippen molar-refractivity contribution in [2.75, 3.05) is 0 Å². The molecule has 0 atom stereocenters. The van der Waals surface area contributed by atoms with E-state index in [9.17, 15) is 18.4 Å². The summed E-state index contributed by atoms with van der Waals surface area (Å²) in [6.45, 7) is 0. The minimum absolute atomic E-state index is 0.135. The molecule has 0 amide bonds. The number of hydrogen-bond acceptors (Lipinski definition) is 2. The number of pyridine rings is 1. The van der Waals surface area contributed by atoms with Crippen LogP contribution in [-0.2, 0) is 0 Å². The average molecular weight is 333 g/mol. The highest BCUT2D eigenvalue weighted by atomic mass is 127. The summed E-state index contributed by atoms with van der Waals surface area (Å²) >= 11 is 6.66. The van der Waals surface area contributed by atoms with Gasteiger partial charge in [0.05, 0.1) is 9.26 Å². The van der Waals surface area contributed by atoms with Crippen molar-refractivity contribution in [2.24, 2.45) is 0 Å². The van der Waals surface area contributed by atoms with Crippen molar-refractivity contribution < 1.29 is 13.6 Å². The molecule has 1 aromatic rings. The van der Waals surface area contributed by atoms with Crippen molar-refractivity contribution in [3.05, 3.63) is 31.2 Å². The zero-order chi connectivity index (χ0) is 10.9. The second kappa shape index (κ2) is 4.35. The molecule has 3 nitrogen and oxygen atoms in total. The van der Waals surface area contributed by atoms with Crippen LogP contribution in [0.1, 0.15) is 22.5 Å². The first-order valence-corrected chi connectivity index (χ1v) is 4.80. The Morgan fingerprint density at radius 1 is 1.57 bits per heavy atom. The SMILES string of the molecule is O=C(Cl)c1c(C(F)F)[nH]cc(I)c1=O. The van der Waals surface area contributed by atoms with Crippen LogP contribution in [-0.4, -0.2) is 10.2 Å². The number of alkyl halides is 2. The summed E-state index contributed by atoms with van der Waals surface area (Å²) < 4.78 is 24.8. The van der Waals surface area contributed by atoms with Gasteiger partial charge in [-0.15, -0.1) is 0 Å². The molecule has 7 heteroatoms. The van der Waals surface area contributed by atoms with E-state index in [-0.39, 0.29) is 3.57 Å². The highest BCUT2D eigenvalue weighted by Gasteiger charge is 2.22. The molecule has 0 saturated heterocycles. The highest BCUT2D eigenvalue weighted by Crippen LogP contribution is 2.20. The van der Waals surface area contributed by atoms with Crippen LogP contribution in [0.4, 0.5) is 8.78 Å². The van der Waals surface area contributed by atoms with Gasteiger partial charge in [0.2, 0.25) is 5.43 Å². The maximum absolute atomic E-state index is 12.3. The third-order valence-electron chi connectivity index (χ3n) is 1.48. The molecule has 0 bridgehead atoms. The molecule has 0 aromatic carbocycles. The van der Waals surface area contributed by atoms with Gasteiger partial charge in [0.1, 0.15) is 5.56 Å². The van der Waals surface area contributed by atoms with Crippen LogP contribution in [0, 0.1) is 3.57 Å². The van der Waals surface area contributed by atoms with Crippen LogP contribution in [0.25, 0.3) is 0 Å². The van der Waals surface area contributed by atoms with Crippen molar-refractivity contribution >= 4 is 39.4 Å². The largest absolute Gasteiger partial charge is 0.358 e. The van der Waals surface area contributed by atoms with Gasteiger partial charge in [0, 0.05) is 6.20 Å². The molecule has 0 saturated carbocycles. The molecule has 0 aliphatic carbocycles. The van der Waals surface area contributed by atoms with E-state index in [0.29, 0.717) is 0 Å². The van der Waals surface area contributed by atoms with E-state index in [1.54, 1.807) is 22.6 Å². The summed E-state index contributed by atoms with van der Waals surface area (Å²) in [6.07, 6.45) is -1.83. The van der Waals surface area contributed by atoms with Gasteiger partial charge < -0.3 is 4.98 Å². The molecular formula is C7H3ClF2INO2. The van der Waals surface area contributed by atoms with Crippen LogP contribution in [0.3, 0.4) is 0 Å². The maximum Gasteiger partial charge on any atom is 0.279 e.